The van der Waals surface area contributed by atoms with Crippen LogP contribution in [0, 0.1) is 0 Å². The van der Waals surface area contributed by atoms with Crippen molar-refractivity contribution in [3.63, 3.8) is 0 Å². The van der Waals surface area contributed by atoms with Gasteiger partial charge in [0.05, 0.1) is 6.54 Å². The Hall–Kier alpha value is -1.79. The Balaban J connectivity index is 2.67. The normalized spacial score (nSPS) is 8.62. The minimum atomic E-state index is 0.562. The summed E-state index contributed by atoms with van der Waals surface area (Å²) in [4.78, 5) is 12.0. The zero-order valence-electron chi connectivity index (χ0n) is 7.31. The highest BCUT2D eigenvalue weighted by Crippen LogP contribution is 2.02. The van der Waals surface area contributed by atoms with E-state index in [9.17, 15) is 4.79 Å². The third-order valence-corrected chi connectivity index (χ3v) is 1.60. The van der Waals surface area contributed by atoms with Crippen molar-refractivity contribution < 1.29 is 4.79 Å². The fourth-order valence-electron chi connectivity index (χ4n) is 1.02. The number of rotatable bonds is 4. The van der Waals surface area contributed by atoms with Crippen molar-refractivity contribution in [3.05, 3.63) is 54.4 Å². The fourth-order valence-corrected chi connectivity index (χ4v) is 1.02. The molecule has 1 aromatic rings. The Labute approximate surface area is 77.8 Å². The summed E-state index contributed by atoms with van der Waals surface area (Å²) < 4.78 is 0. The number of hydrogen-bond acceptors (Lipinski definition) is 1. The molecule has 0 aliphatic carbocycles. The van der Waals surface area contributed by atoms with Crippen LogP contribution in [0.25, 0.3) is 0 Å². The van der Waals surface area contributed by atoms with Crippen molar-refractivity contribution in [1.82, 2.24) is 4.90 Å². The number of carbonyl (C=O) groups excluding carboxylic acids is 1. The molecule has 0 saturated heterocycles. The van der Waals surface area contributed by atoms with Gasteiger partial charge in [0, 0.05) is 6.20 Å². The third-order valence-electron chi connectivity index (χ3n) is 1.60. The third kappa shape index (κ3) is 2.97. The van der Waals surface area contributed by atoms with Gasteiger partial charge in [-0.1, -0.05) is 36.9 Å². The predicted octanol–water partition coefficient (Wildman–Crippen LogP) is 1.94. The molecule has 13 heavy (non-hydrogen) atoms. The van der Waals surface area contributed by atoms with Crippen LogP contribution >= 0.6 is 0 Å². The molecule has 2 nitrogen and oxygen atoms in total. The number of hydrogen-bond donors (Lipinski definition) is 0. The van der Waals surface area contributed by atoms with Crippen LogP contribution in [0.1, 0.15) is 5.56 Å². The molecule has 0 aliphatic rings. The van der Waals surface area contributed by atoms with Crippen molar-refractivity contribution >= 4 is 6.41 Å². The summed E-state index contributed by atoms with van der Waals surface area (Å²) in [6, 6.07) is 9.75. The lowest BCUT2D eigenvalue weighted by atomic mass is 10.2. The quantitative estimate of drug-likeness (QED) is 0.503. The van der Waals surface area contributed by atoms with Gasteiger partial charge in [-0.15, -0.1) is 5.73 Å². The van der Waals surface area contributed by atoms with Crippen molar-refractivity contribution in [1.29, 1.82) is 0 Å². The average molecular weight is 173 g/mol. The second-order valence-electron chi connectivity index (χ2n) is 2.60. The molecule has 0 bridgehead atoms. The smallest absolute Gasteiger partial charge is 0.214 e. The lowest BCUT2D eigenvalue weighted by molar-refractivity contribution is -0.116. The first kappa shape index (κ1) is 9.30. The van der Waals surface area contributed by atoms with Gasteiger partial charge in [0.2, 0.25) is 6.41 Å². The van der Waals surface area contributed by atoms with Crippen molar-refractivity contribution in [2.45, 2.75) is 6.54 Å². The van der Waals surface area contributed by atoms with E-state index in [0.29, 0.717) is 6.54 Å². The Morgan fingerprint density at radius 3 is 2.62 bits per heavy atom. The molecule has 0 aromatic heterocycles. The number of amides is 1. The summed E-state index contributed by atoms with van der Waals surface area (Å²) in [5, 5.41) is 0. The molecule has 2 heteroatoms. The maximum absolute atomic E-state index is 10.5. The summed E-state index contributed by atoms with van der Waals surface area (Å²) in [5.41, 5.74) is 3.64. The molecule has 66 valence electrons. The molecular formula is C11H11NO. The van der Waals surface area contributed by atoms with E-state index in [2.05, 4.69) is 12.3 Å². The SMILES string of the molecule is C=C=CN(C=O)Cc1ccccc1. The number of carbonyl (C=O) groups is 1. The van der Waals surface area contributed by atoms with E-state index in [4.69, 9.17) is 0 Å². The second kappa shape index (κ2) is 4.96. The number of benzene rings is 1. The van der Waals surface area contributed by atoms with Crippen molar-refractivity contribution in [2.75, 3.05) is 0 Å². The van der Waals surface area contributed by atoms with Gasteiger partial charge in [-0.3, -0.25) is 4.79 Å². The Kier molecular flexibility index (Phi) is 3.55. The van der Waals surface area contributed by atoms with Gasteiger partial charge in [-0.2, -0.15) is 0 Å². The molecule has 1 rings (SSSR count). The summed E-state index contributed by atoms with van der Waals surface area (Å²) >= 11 is 0. The summed E-state index contributed by atoms with van der Waals surface area (Å²) in [6.07, 6.45) is 2.28. The minimum Gasteiger partial charge on any atom is -0.310 e. The zero-order chi connectivity index (χ0) is 9.52. The van der Waals surface area contributed by atoms with Gasteiger partial charge in [0.25, 0.3) is 0 Å². The maximum atomic E-state index is 10.5. The van der Waals surface area contributed by atoms with Crippen LogP contribution in [0.3, 0.4) is 0 Å². The molecule has 0 saturated carbocycles. The first-order valence-electron chi connectivity index (χ1n) is 3.97. The standard InChI is InChI=1S/C11H11NO/c1-2-8-12(10-13)9-11-6-4-3-5-7-11/h3-8,10H,1,9H2. The predicted molar refractivity (Wildman–Crippen MR) is 51.8 cm³/mol. The van der Waals surface area contributed by atoms with Gasteiger partial charge >= 0.3 is 0 Å². The minimum absolute atomic E-state index is 0.562. The van der Waals surface area contributed by atoms with Crippen LogP contribution in [0.15, 0.2) is 48.8 Å². The van der Waals surface area contributed by atoms with E-state index in [1.807, 2.05) is 30.3 Å². The Bertz CT molecular complexity index is 312. The van der Waals surface area contributed by atoms with Crippen LogP contribution in [0.2, 0.25) is 0 Å². The molecule has 1 amide bonds. The van der Waals surface area contributed by atoms with Crippen LogP contribution in [0.5, 0.6) is 0 Å². The molecule has 0 aliphatic heterocycles. The lowest BCUT2D eigenvalue weighted by Crippen LogP contribution is -2.13. The van der Waals surface area contributed by atoms with Gasteiger partial charge in [0.15, 0.2) is 0 Å². The van der Waals surface area contributed by atoms with E-state index in [-0.39, 0.29) is 0 Å². The van der Waals surface area contributed by atoms with E-state index < -0.39 is 0 Å². The summed E-state index contributed by atoms with van der Waals surface area (Å²) in [6.45, 7) is 3.97. The Morgan fingerprint density at radius 1 is 1.38 bits per heavy atom. The summed E-state index contributed by atoms with van der Waals surface area (Å²) in [7, 11) is 0. The van der Waals surface area contributed by atoms with Crippen LogP contribution in [0.4, 0.5) is 0 Å². The van der Waals surface area contributed by atoms with E-state index in [1.165, 1.54) is 11.1 Å². The molecule has 0 atom stereocenters. The largest absolute Gasteiger partial charge is 0.310 e. The first-order valence-corrected chi connectivity index (χ1v) is 3.97. The van der Waals surface area contributed by atoms with Crippen molar-refractivity contribution in [2.24, 2.45) is 0 Å². The van der Waals surface area contributed by atoms with Gasteiger partial charge in [-0.05, 0) is 5.56 Å². The fraction of sp³-hybridized carbons (Fsp3) is 0.0909. The van der Waals surface area contributed by atoms with Crippen LogP contribution in [-0.4, -0.2) is 11.3 Å². The van der Waals surface area contributed by atoms with E-state index in [1.54, 1.807) is 0 Å². The highest BCUT2D eigenvalue weighted by atomic mass is 16.1. The first-order chi connectivity index (χ1) is 6.36. The molecule has 0 N–H and O–H groups in total. The molecule has 1 aromatic carbocycles. The van der Waals surface area contributed by atoms with E-state index >= 15 is 0 Å². The lowest BCUT2D eigenvalue weighted by Gasteiger charge is -2.10. The molecular weight excluding hydrogens is 162 g/mol. The second-order valence-corrected chi connectivity index (χ2v) is 2.60. The molecule has 0 heterocycles. The average Bonchev–Trinajstić information content (AvgIpc) is 2.19. The van der Waals surface area contributed by atoms with Crippen LogP contribution < -0.4 is 0 Å². The topological polar surface area (TPSA) is 20.3 Å². The van der Waals surface area contributed by atoms with Gasteiger partial charge in [-0.25, -0.2) is 0 Å². The highest BCUT2D eigenvalue weighted by Gasteiger charge is 1.96. The maximum Gasteiger partial charge on any atom is 0.214 e. The monoisotopic (exact) mass is 173 g/mol. The Morgan fingerprint density at radius 2 is 2.08 bits per heavy atom. The van der Waals surface area contributed by atoms with Crippen molar-refractivity contribution in [3.8, 4) is 0 Å². The molecule has 0 radical (unpaired) electrons. The zero-order valence-corrected chi connectivity index (χ0v) is 7.31. The van der Waals surface area contributed by atoms with Crippen LogP contribution in [-0.2, 0) is 11.3 Å². The molecule has 0 fully saturated rings. The number of nitrogens with zero attached hydrogens (tertiary/aromatic N) is 1. The summed E-state index contributed by atoms with van der Waals surface area (Å²) in [5.74, 6) is 0. The van der Waals surface area contributed by atoms with Gasteiger partial charge < -0.3 is 4.90 Å². The highest BCUT2D eigenvalue weighted by molar-refractivity contribution is 5.49. The van der Waals surface area contributed by atoms with E-state index in [0.717, 1.165) is 12.0 Å². The van der Waals surface area contributed by atoms with Gasteiger partial charge in [0.1, 0.15) is 0 Å². The molecule has 0 spiro atoms. The molecule has 0 unspecified atom stereocenters.